The predicted octanol–water partition coefficient (Wildman–Crippen LogP) is 2.60. The third kappa shape index (κ3) is 4.02. The van der Waals surface area contributed by atoms with E-state index in [9.17, 15) is 14.7 Å². The number of carboxylic acid groups (broad SMARTS) is 1. The average Bonchev–Trinajstić information content (AvgIpc) is 3.24. The number of nitrogens with zero attached hydrogens (tertiary/aromatic N) is 3. The van der Waals surface area contributed by atoms with Gasteiger partial charge in [0.2, 0.25) is 11.8 Å². The van der Waals surface area contributed by atoms with E-state index in [0.717, 1.165) is 24.2 Å². The van der Waals surface area contributed by atoms with Gasteiger partial charge in [-0.05, 0) is 24.8 Å². The van der Waals surface area contributed by atoms with Crippen LogP contribution in [0.15, 0.2) is 34.9 Å². The van der Waals surface area contributed by atoms with Gasteiger partial charge in [0.1, 0.15) is 0 Å². The first-order valence-corrected chi connectivity index (χ1v) is 9.50. The molecule has 1 aromatic carbocycles. The lowest BCUT2D eigenvalue weighted by atomic mass is 9.89. The van der Waals surface area contributed by atoms with Gasteiger partial charge in [0.25, 0.3) is 0 Å². The van der Waals surface area contributed by atoms with Gasteiger partial charge >= 0.3 is 5.97 Å². The molecule has 7 nitrogen and oxygen atoms in total. The summed E-state index contributed by atoms with van der Waals surface area (Å²) in [6.07, 6.45) is 3.80. The predicted molar refractivity (Wildman–Crippen MR) is 96.1 cm³/mol. The Morgan fingerprint density at radius 3 is 2.67 bits per heavy atom. The molecule has 4 rings (SSSR count). The zero-order chi connectivity index (χ0) is 18.8. The highest BCUT2D eigenvalue weighted by Gasteiger charge is 2.40. The van der Waals surface area contributed by atoms with Gasteiger partial charge in [-0.1, -0.05) is 35.5 Å². The molecule has 0 unspecified atom stereocenters. The maximum atomic E-state index is 12.6. The number of amides is 1. The first kappa shape index (κ1) is 17.7. The summed E-state index contributed by atoms with van der Waals surface area (Å²) < 4.78 is 5.23. The second-order valence-electron chi connectivity index (χ2n) is 7.43. The van der Waals surface area contributed by atoms with Crippen molar-refractivity contribution in [1.82, 2.24) is 15.0 Å². The Balaban J connectivity index is 1.32. The van der Waals surface area contributed by atoms with E-state index in [2.05, 4.69) is 10.1 Å². The number of likely N-dealkylation sites (tertiary alicyclic amines) is 1. The summed E-state index contributed by atoms with van der Waals surface area (Å²) in [6.45, 7) is 0.715. The summed E-state index contributed by atoms with van der Waals surface area (Å²) in [4.78, 5) is 30.3. The molecule has 1 aromatic heterocycles. The number of aryl methyl sites for hydroxylation is 1. The van der Waals surface area contributed by atoms with Gasteiger partial charge in [-0.25, -0.2) is 0 Å². The standard InChI is InChI=1S/C20H23N3O4/c24-18(8-4-7-17-21-19(22-27-17)14-9-10-14)23-11-15(16(12-23)20(25)26)13-5-2-1-3-6-13/h1-3,5-6,14-16H,4,7-12H2,(H,25,26)/t15-,16-/m1/s1. The van der Waals surface area contributed by atoms with Gasteiger partial charge in [-0.3, -0.25) is 9.59 Å². The summed E-state index contributed by atoms with van der Waals surface area (Å²) in [5.41, 5.74) is 0.971. The molecule has 2 atom stereocenters. The van der Waals surface area contributed by atoms with Crippen molar-refractivity contribution in [3.05, 3.63) is 47.6 Å². The summed E-state index contributed by atoms with van der Waals surface area (Å²) in [5, 5.41) is 13.5. The average molecular weight is 369 g/mol. The first-order chi connectivity index (χ1) is 13.1. The van der Waals surface area contributed by atoms with E-state index in [1.165, 1.54) is 0 Å². The van der Waals surface area contributed by atoms with Crippen molar-refractivity contribution in [3.8, 4) is 0 Å². The Morgan fingerprint density at radius 1 is 1.19 bits per heavy atom. The highest BCUT2D eigenvalue weighted by Crippen LogP contribution is 2.38. The summed E-state index contributed by atoms with van der Waals surface area (Å²) in [6, 6.07) is 9.57. The van der Waals surface area contributed by atoms with Crippen molar-refractivity contribution in [1.29, 1.82) is 0 Å². The molecule has 0 bridgehead atoms. The zero-order valence-corrected chi connectivity index (χ0v) is 15.1. The summed E-state index contributed by atoms with van der Waals surface area (Å²) >= 11 is 0. The molecule has 2 aromatic rings. The molecule has 2 fully saturated rings. The van der Waals surface area contributed by atoms with Crippen molar-refractivity contribution in [3.63, 3.8) is 0 Å². The molecule has 2 aliphatic rings. The van der Waals surface area contributed by atoms with Crippen LogP contribution in [0.5, 0.6) is 0 Å². The second-order valence-corrected chi connectivity index (χ2v) is 7.43. The van der Waals surface area contributed by atoms with Crippen LogP contribution in [0.25, 0.3) is 0 Å². The Kier molecular flexibility index (Phi) is 4.92. The van der Waals surface area contributed by atoms with Gasteiger partial charge in [-0.2, -0.15) is 4.98 Å². The van der Waals surface area contributed by atoms with Crippen molar-refractivity contribution < 1.29 is 19.2 Å². The molecule has 27 heavy (non-hydrogen) atoms. The molecule has 7 heteroatoms. The normalized spacial score (nSPS) is 22.1. The third-order valence-electron chi connectivity index (χ3n) is 5.43. The topological polar surface area (TPSA) is 96.5 Å². The van der Waals surface area contributed by atoms with E-state index in [-0.39, 0.29) is 18.4 Å². The van der Waals surface area contributed by atoms with Crippen LogP contribution < -0.4 is 0 Å². The minimum Gasteiger partial charge on any atom is -0.481 e. The number of carbonyl (C=O) groups excluding carboxylic acids is 1. The second kappa shape index (κ2) is 7.50. The van der Waals surface area contributed by atoms with Gasteiger partial charge in [0.05, 0.1) is 5.92 Å². The van der Waals surface area contributed by atoms with E-state index >= 15 is 0 Å². The number of aliphatic carboxylic acids is 1. The van der Waals surface area contributed by atoms with Crippen molar-refractivity contribution in [2.24, 2.45) is 5.92 Å². The van der Waals surface area contributed by atoms with Crippen LogP contribution in [0.4, 0.5) is 0 Å². The molecule has 1 saturated heterocycles. The van der Waals surface area contributed by atoms with Crippen LogP contribution in [0.1, 0.15) is 54.8 Å². The van der Waals surface area contributed by atoms with E-state index in [1.54, 1.807) is 4.90 Å². The van der Waals surface area contributed by atoms with Crippen LogP contribution in [0.2, 0.25) is 0 Å². The molecular weight excluding hydrogens is 346 g/mol. The number of carboxylic acids is 1. The van der Waals surface area contributed by atoms with Gasteiger partial charge < -0.3 is 14.5 Å². The van der Waals surface area contributed by atoms with E-state index in [0.29, 0.717) is 37.6 Å². The molecule has 2 heterocycles. The fourth-order valence-electron chi connectivity index (χ4n) is 3.72. The lowest BCUT2D eigenvalue weighted by Crippen LogP contribution is -2.29. The molecule has 1 N–H and O–H groups in total. The van der Waals surface area contributed by atoms with Crippen LogP contribution in [-0.4, -0.2) is 45.1 Å². The van der Waals surface area contributed by atoms with Crippen molar-refractivity contribution >= 4 is 11.9 Å². The SMILES string of the molecule is O=C(O)[C@@H]1CN(C(=O)CCCc2nc(C3CC3)no2)C[C@@H]1c1ccccc1. The fraction of sp³-hybridized carbons (Fsp3) is 0.500. The Labute approximate surface area is 157 Å². The highest BCUT2D eigenvalue weighted by atomic mass is 16.5. The van der Waals surface area contributed by atoms with Crippen LogP contribution in [0.3, 0.4) is 0 Å². The van der Waals surface area contributed by atoms with Crippen LogP contribution in [-0.2, 0) is 16.0 Å². The maximum absolute atomic E-state index is 12.6. The summed E-state index contributed by atoms with van der Waals surface area (Å²) in [5.74, 6) is 0.233. The van der Waals surface area contributed by atoms with Crippen molar-refractivity contribution in [2.45, 2.75) is 43.9 Å². The van der Waals surface area contributed by atoms with Gasteiger partial charge in [0, 0.05) is 37.8 Å². The monoisotopic (exact) mass is 369 g/mol. The third-order valence-corrected chi connectivity index (χ3v) is 5.43. The lowest BCUT2D eigenvalue weighted by Gasteiger charge is -2.16. The largest absolute Gasteiger partial charge is 0.481 e. The first-order valence-electron chi connectivity index (χ1n) is 9.50. The molecular formula is C20H23N3O4. The Bertz CT molecular complexity index is 816. The molecule has 1 saturated carbocycles. The summed E-state index contributed by atoms with van der Waals surface area (Å²) in [7, 11) is 0. The fourth-order valence-corrected chi connectivity index (χ4v) is 3.72. The Morgan fingerprint density at radius 2 is 1.96 bits per heavy atom. The van der Waals surface area contributed by atoms with Gasteiger partial charge in [-0.15, -0.1) is 0 Å². The van der Waals surface area contributed by atoms with E-state index in [4.69, 9.17) is 4.52 Å². The van der Waals surface area contributed by atoms with E-state index < -0.39 is 11.9 Å². The molecule has 1 aliphatic carbocycles. The zero-order valence-electron chi connectivity index (χ0n) is 15.1. The number of benzene rings is 1. The minimum absolute atomic E-state index is 0.0124. The van der Waals surface area contributed by atoms with Crippen molar-refractivity contribution in [2.75, 3.05) is 13.1 Å². The molecule has 0 spiro atoms. The molecule has 1 amide bonds. The molecule has 142 valence electrons. The molecule has 0 radical (unpaired) electrons. The highest BCUT2D eigenvalue weighted by molar-refractivity contribution is 5.79. The van der Waals surface area contributed by atoms with Gasteiger partial charge in [0.15, 0.2) is 5.82 Å². The number of rotatable bonds is 7. The quantitative estimate of drug-likeness (QED) is 0.806. The maximum Gasteiger partial charge on any atom is 0.308 e. The van der Waals surface area contributed by atoms with Crippen LogP contribution in [0, 0.1) is 5.92 Å². The number of carbonyl (C=O) groups is 2. The van der Waals surface area contributed by atoms with E-state index in [1.807, 2.05) is 30.3 Å². The minimum atomic E-state index is -0.849. The number of hydrogen-bond acceptors (Lipinski definition) is 5. The molecule has 1 aliphatic heterocycles. The lowest BCUT2D eigenvalue weighted by molar-refractivity contribution is -0.141. The Hall–Kier alpha value is -2.70. The number of hydrogen-bond donors (Lipinski definition) is 1. The smallest absolute Gasteiger partial charge is 0.308 e. The van der Waals surface area contributed by atoms with Crippen LogP contribution >= 0.6 is 0 Å². The number of aromatic nitrogens is 2.